The van der Waals surface area contributed by atoms with E-state index >= 15 is 0 Å². The Balaban J connectivity index is 2.10. The molecule has 1 N–H and O–H groups in total. The van der Waals surface area contributed by atoms with Crippen LogP contribution in [0.2, 0.25) is 0 Å². The first-order valence-electron chi connectivity index (χ1n) is 8.78. The molecule has 5 nitrogen and oxygen atoms in total. The Bertz CT molecular complexity index is 760. The zero-order valence-electron chi connectivity index (χ0n) is 16.2. The van der Waals surface area contributed by atoms with Gasteiger partial charge in [-0.3, -0.25) is 9.59 Å². The van der Waals surface area contributed by atoms with Crippen molar-refractivity contribution in [3.05, 3.63) is 59.7 Å². The number of hydrogen-bond donors (Lipinski definition) is 1. The summed E-state index contributed by atoms with van der Waals surface area (Å²) < 4.78 is 5.17. The number of hydrogen-bond acceptors (Lipinski definition) is 4. The molecule has 1 atom stereocenters. The zero-order chi connectivity index (χ0) is 19.8. The lowest BCUT2D eigenvalue weighted by atomic mass is 10.1. The lowest BCUT2D eigenvalue weighted by molar-refractivity contribution is -0.138. The molecule has 2 rings (SSSR count). The van der Waals surface area contributed by atoms with Crippen molar-refractivity contribution >= 4 is 23.6 Å². The fourth-order valence-electron chi connectivity index (χ4n) is 2.58. The van der Waals surface area contributed by atoms with E-state index < -0.39 is 6.04 Å². The van der Waals surface area contributed by atoms with Crippen LogP contribution >= 0.6 is 11.8 Å². The van der Waals surface area contributed by atoms with E-state index in [1.165, 1.54) is 17.3 Å². The Morgan fingerprint density at radius 2 is 1.74 bits per heavy atom. The van der Waals surface area contributed by atoms with E-state index in [-0.39, 0.29) is 17.6 Å². The highest BCUT2D eigenvalue weighted by atomic mass is 32.2. The molecular formula is C21H26N2O3S. The highest BCUT2D eigenvalue weighted by Gasteiger charge is 2.25. The number of aryl methyl sites for hydroxylation is 1. The summed E-state index contributed by atoms with van der Waals surface area (Å²) in [4.78, 5) is 27.6. The van der Waals surface area contributed by atoms with Gasteiger partial charge >= 0.3 is 0 Å². The van der Waals surface area contributed by atoms with Crippen molar-refractivity contribution < 1.29 is 14.3 Å². The minimum absolute atomic E-state index is 0.0764. The van der Waals surface area contributed by atoms with Gasteiger partial charge in [-0.2, -0.15) is 0 Å². The molecule has 0 unspecified atom stereocenters. The number of likely N-dealkylation sites (N-methyl/N-ethyl adjacent to an activating group) is 1. The smallest absolute Gasteiger partial charge is 0.242 e. The summed E-state index contributed by atoms with van der Waals surface area (Å²) in [5.74, 6) is 0.774. The predicted molar refractivity (Wildman–Crippen MR) is 109 cm³/mol. The van der Waals surface area contributed by atoms with Gasteiger partial charge in [-0.05, 0) is 43.7 Å². The monoisotopic (exact) mass is 386 g/mol. The Kier molecular flexibility index (Phi) is 7.73. The number of rotatable bonds is 8. The minimum Gasteiger partial charge on any atom is -0.497 e. The van der Waals surface area contributed by atoms with Crippen LogP contribution in [-0.4, -0.2) is 42.7 Å². The molecule has 0 saturated carbocycles. The maximum Gasteiger partial charge on any atom is 0.242 e. The number of amides is 2. The van der Waals surface area contributed by atoms with Crippen LogP contribution in [0.25, 0.3) is 0 Å². The molecule has 2 aromatic carbocycles. The zero-order valence-corrected chi connectivity index (χ0v) is 17.0. The second-order valence-electron chi connectivity index (χ2n) is 6.26. The van der Waals surface area contributed by atoms with Crippen LogP contribution in [0.15, 0.2) is 53.4 Å². The van der Waals surface area contributed by atoms with Crippen molar-refractivity contribution in [3.63, 3.8) is 0 Å². The standard InChI is InChI=1S/C21H26N2O3S/c1-15-5-11-19(12-6-15)27-14-20(24)23(16(2)21(25)22-3)13-17-7-9-18(26-4)10-8-17/h5-12,16H,13-14H2,1-4H3,(H,22,25)/t16-/m0/s1. The van der Waals surface area contributed by atoms with Gasteiger partial charge in [-0.1, -0.05) is 29.8 Å². The van der Waals surface area contributed by atoms with Crippen LogP contribution in [0.1, 0.15) is 18.1 Å². The fourth-order valence-corrected chi connectivity index (χ4v) is 3.37. The van der Waals surface area contributed by atoms with Crippen LogP contribution in [0.5, 0.6) is 5.75 Å². The second-order valence-corrected chi connectivity index (χ2v) is 7.31. The highest BCUT2D eigenvalue weighted by molar-refractivity contribution is 8.00. The first-order valence-corrected chi connectivity index (χ1v) is 9.76. The molecule has 0 fully saturated rings. The summed E-state index contributed by atoms with van der Waals surface area (Å²) >= 11 is 1.48. The first-order chi connectivity index (χ1) is 12.9. The SMILES string of the molecule is CNC(=O)[C@H](C)N(Cc1ccc(OC)cc1)C(=O)CSc1ccc(C)cc1. The molecule has 2 aromatic rings. The summed E-state index contributed by atoms with van der Waals surface area (Å²) in [5.41, 5.74) is 2.13. The summed E-state index contributed by atoms with van der Waals surface area (Å²) in [6, 6.07) is 15.0. The van der Waals surface area contributed by atoms with Gasteiger partial charge in [0.1, 0.15) is 11.8 Å². The van der Waals surface area contributed by atoms with Gasteiger partial charge in [0.25, 0.3) is 0 Å². The van der Waals surface area contributed by atoms with Gasteiger partial charge in [0.15, 0.2) is 0 Å². The quantitative estimate of drug-likeness (QED) is 0.708. The summed E-state index contributed by atoms with van der Waals surface area (Å²) in [7, 11) is 3.19. The molecule has 0 aliphatic heterocycles. The maximum absolute atomic E-state index is 12.9. The Hall–Kier alpha value is -2.47. The molecule has 0 aromatic heterocycles. The van der Waals surface area contributed by atoms with Crippen LogP contribution in [0, 0.1) is 6.92 Å². The highest BCUT2D eigenvalue weighted by Crippen LogP contribution is 2.21. The average Bonchev–Trinajstić information content (AvgIpc) is 2.70. The summed E-state index contributed by atoms with van der Waals surface area (Å²) in [5, 5.41) is 2.62. The van der Waals surface area contributed by atoms with Crippen molar-refractivity contribution in [1.82, 2.24) is 10.2 Å². The van der Waals surface area contributed by atoms with Crippen molar-refractivity contribution in [2.24, 2.45) is 0 Å². The normalized spacial score (nSPS) is 11.6. The number of methoxy groups -OCH3 is 1. The van der Waals surface area contributed by atoms with Gasteiger partial charge in [-0.15, -0.1) is 11.8 Å². The number of carbonyl (C=O) groups excluding carboxylic acids is 2. The van der Waals surface area contributed by atoms with Gasteiger partial charge in [0, 0.05) is 18.5 Å². The number of ether oxygens (including phenoxy) is 1. The van der Waals surface area contributed by atoms with Gasteiger partial charge in [0.2, 0.25) is 11.8 Å². The molecule has 0 saturated heterocycles. The molecule has 6 heteroatoms. The van der Waals surface area contributed by atoms with E-state index in [0.29, 0.717) is 6.54 Å². The summed E-state index contributed by atoms with van der Waals surface area (Å²) in [6.07, 6.45) is 0. The predicted octanol–water partition coefficient (Wildman–Crippen LogP) is 3.26. The van der Waals surface area contributed by atoms with E-state index in [0.717, 1.165) is 16.2 Å². The third kappa shape index (κ3) is 6.03. The molecule has 0 radical (unpaired) electrons. The molecule has 144 valence electrons. The topological polar surface area (TPSA) is 58.6 Å². The molecule has 0 bridgehead atoms. The van der Waals surface area contributed by atoms with Gasteiger partial charge in [0.05, 0.1) is 12.9 Å². The number of thioether (sulfide) groups is 1. The molecule has 0 aliphatic rings. The Morgan fingerprint density at radius 3 is 2.30 bits per heavy atom. The molecule has 0 aliphatic carbocycles. The molecular weight excluding hydrogens is 360 g/mol. The van der Waals surface area contributed by atoms with Crippen molar-refractivity contribution in [1.29, 1.82) is 0 Å². The third-order valence-corrected chi connectivity index (χ3v) is 5.31. The minimum atomic E-state index is -0.553. The first kappa shape index (κ1) is 20.8. The van der Waals surface area contributed by atoms with Crippen LogP contribution in [0.3, 0.4) is 0 Å². The average molecular weight is 387 g/mol. The second kappa shape index (κ2) is 10.0. The van der Waals surface area contributed by atoms with Crippen molar-refractivity contribution in [3.8, 4) is 5.75 Å². The Morgan fingerprint density at radius 1 is 1.11 bits per heavy atom. The molecule has 2 amide bonds. The van der Waals surface area contributed by atoms with E-state index in [1.807, 2.05) is 55.5 Å². The maximum atomic E-state index is 12.9. The number of carbonyl (C=O) groups is 2. The van der Waals surface area contributed by atoms with E-state index in [9.17, 15) is 9.59 Å². The molecule has 27 heavy (non-hydrogen) atoms. The van der Waals surface area contributed by atoms with Crippen molar-refractivity contribution in [2.45, 2.75) is 31.3 Å². The number of nitrogens with zero attached hydrogens (tertiary/aromatic N) is 1. The molecule has 0 heterocycles. The lowest BCUT2D eigenvalue weighted by Gasteiger charge is -2.28. The molecule has 0 spiro atoms. The van der Waals surface area contributed by atoms with Gasteiger partial charge < -0.3 is 15.0 Å². The largest absolute Gasteiger partial charge is 0.497 e. The van der Waals surface area contributed by atoms with Crippen LogP contribution in [-0.2, 0) is 16.1 Å². The number of nitrogens with one attached hydrogen (secondary N) is 1. The van der Waals surface area contributed by atoms with Crippen molar-refractivity contribution in [2.75, 3.05) is 19.9 Å². The van der Waals surface area contributed by atoms with Gasteiger partial charge in [-0.25, -0.2) is 0 Å². The third-order valence-electron chi connectivity index (χ3n) is 4.31. The van der Waals surface area contributed by atoms with E-state index in [1.54, 1.807) is 26.0 Å². The lowest BCUT2D eigenvalue weighted by Crippen LogP contribution is -2.47. The number of benzene rings is 2. The fraction of sp³-hybridized carbons (Fsp3) is 0.333. The van der Waals surface area contributed by atoms with E-state index in [4.69, 9.17) is 4.74 Å². The Labute approximate surface area is 165 Å². The van der Waals surface area contributed by atoms with E-state index in [2.05, 4.69) is 5.32 Å². The van der Waals surface area contributed by atoms with Crippen LogP contribution < -0.4 is 10.1 Å². The summed E-state index contributed by atoms with van der Waals surface area (Å²) in [6.45, 7) is 4.14. The van der Waals surface area contributed by atoms with Crippen LogP contribution in [0.4, 0.5) is 0 Å².